The van der Waals surface area contributed by atoms with Crippen molar-refractivity contribution in [1.29, 1.82) is 0 Å². The highest BCUT2D eigenvalue weighted by Crippen LogP contribution is 2.24. The van der Waals surface area contributed by atoms with E-state index in [-0.39, 0.29) is 5.91 Å². The second kappa shape index (κ2) is 5.01. The fourth-order valence-electron chi connectivity index (χ4n) is 1.43. The van der Waals surface area contributed by atoms with E-state index < -0.39 is 0 Å². The molecule has 0 unspecified atom stereocenters. The largest absolute Gasteiger partial charge is 0.495 e. The van der Waals surface area contributed by atoms with Crippen molar-refractivity contribution in [3.63, 3.8) is 0 Å². The summed E-state index contributed by atoms with van der Waals surface area (Å²) < 4.78 is 5.10. The summed E-state index contributed by atoms with van der Waals surface area (Å²) in [6, 6.07) is 1.78. The van der Waals surface area contributed by atoms with Crippen LogP contribution in [-0.2, 0) is 6.54 Å². The van der Waals surface area contributed by atoms with Crippen LogP contribution < -0.4 is 10.1 Å². The summed E-state index contributed by atoms with van der Waals surface area (Å²) in [5.74, 6) is 0.480. The van der Waals surface area contributed by atoms with Gasteiger partial charge in [0, 0.05) is 17.8 Å². The number of hydrogen-bond acceptors (Lipinski definition) is 4. The fraction of sp³-hybridized carbons (Fsp3) is 0.273. The molecule has 2 aromatic heterocycles. The number of H-pyrrole nitrogens is 1. The highest BCUT2D eigenvalue weighted by atomic mass is 32.1. The zero-order valence-corrected chi connectivity index (χ0v) is 10.4. The minimum atomic E-state index is -0.127. The molecule has 1 amide bonds. The van der Waals surface area contributed by atoms with Crippen LogP contribution in [0.5, 0.6) is 5.75 Å². The first-order valence-corrected chi connectivity index (χ1v) is 5.99. The Kier molecular flexibility index (Phi) is 3.43. The van der Waals surface area contributed by atoms with E-state index in [1.54, 1.807) is 19.4 Å². The van der Waals surface area contributed by atoms with Gasteiger partial charge in [0.15, 0.2) is 0 Å². The Labute approximate surface area is 103 Å². The van der Waals surface area contributed by atoms with Gasteiger partial charge in [0.25, 0.3) is 5.91 Å². The molecule has 0 aliphatic carbocycles. The molecule has 0 spiro atoms. The number of aryl methyl sites for hydroxylation is 1. The van der Waals surface area contributed by atoms with Crippen molar-refractivity contribution in [1.82, 2.24) is 15.5 Å². The van der Waals surface area contributed by atoms with Gasteiger partial charge < -0.3 is 10.1 Å². The number of methoxy groups -OCH3 is 1. The Morgan fingerprint density at radius 1 is 1.65 bits per heavy atom. The minimum absolute atomic E-state index is 0.127. The lowest BCUT2D eigenvalue weighted by Gasteiger charge is -2.04. The van der Waals surface area contributed by atoms with E-state index in [0.717, 1.165) is 11.3 Å². The summed E-state index contributed by atoms with van der Waals surface area (Å²) in [6.45, 7) is 2.38. The summed E-state index contributed by atoms with van der Waals surface area (Å²) in [4.78, 5) is 12.5. The first-order chi connectivity index (χ1) is 8.22. The average Bonchev–Trinajstić information content (AvgIpc) is 2.94. The van der Waals surface area contributed by atoms with E-state index in [2.05, 4.69) is 15.5 Å². The molecule has 0 aromatic carbocycles. The van der Waals surface area contributed by atoms with Crippen molar-refractivity contribution in [3.8, 4) is 5.75 Å². The summed E-state index contributed by atoms with van der Waals surface area (Å²) >= 11 is 1.36. The van der Waals surface area contributed by atoms with E-state index in [9.17, 15) is 4.79 Å². The lowest BCUT2D eigenvalue weighted by molar-refractivity contribution is 0.0952. The Hall–Kier alpha value is -1.82. The Morgan fingerprint density at radius 2 is 2.47 bits per heavy atom. The van der Waals surface area contributed by atoms with Crippen molar-refractivity contribution >= 4 is 17.2 Å². The van der Waals surface area contributed by atoms with Crippen LogP contribution in [-0.4, -0.2) is 23.2 Å². The summed E-state index contributed by atoms with van der Waals surface area (Å²) in [5.41, 5.74) is 1.94. The molecule has 0 bridgehead atoms. The second-order valence-electron chi connectivity index (χ2n) is 3.52. The maximum absolute atomic E-state index is 11.9. The van der Waals surface area contributed by atoms with E-state index in [1.807, 2.05) is 12.3 Å². The first-order valence-electron chi connectivity index (χ1n) is 5.11. The molecule has 0 aliphatic rings. The van der Waals surface area contributed by atoms with E-state index >= 15 is 0 Å². The number of carbonyl (C=O) groups excluding carboxylic acids is 1. The summed E-state index contributed by atoms with van der Waals surface area (Å²) in [7, 11) is 1.55. The zero-order chi connectivity index (χ0) is 12.3. The molecule has 2 aromatic rings. The SMILES string of the molecule is COc1ccsc1C(=O)NCc1cn[nH]c1C. The van der Waals surface area contributed by atoms with E-state index in [0.29, 0.717) is 17.2 Å². The van der Waals surface area contributed by atoms with Gasteiger partial charge in [-0.25, -0.2) is 0 Å². The molecule has 0 saturated heterocycles. The Bertz CT molecular complexity index is 518. The molecule has 2 N–H and O–H groups in total. The van der Waals surface area contributed by atoms with Crippen LogP contribution in [0.2, 0.25) is 0 Å². The van der Waals surface area contributed by atoms with Gasteiger partial charge in [0.2, 0.25) is 0 Å². The fourth-order valence-corrected chi connectivity index (χ4v) is 2.21. The lowest BCUT2D eigenvalue weighted by Crippen LogP contribution is -2.22. The van der Waals surface area contributed by atoms with Gasteiger partial charge in [0.1, 0.15) is 10.6 Å². The number of carbonyl (C=O) groups is 1. The van der Waals surface area contributed by atoms with Gasteiger partial charge in [-0.2, -0.15) is 5.10 Å². The van der Waals surface area contributed by atoms with Crippen LogP contribution in [0.25, 0.3) is 0 Å². The van der Waals surface area contributed by atoms with Crippen molar-refractivity contribution in [2.24, 2.45) is 0 Å². The highest BCUT2D eigenvalue weighted by Gasteiger charge is 2.13. The molecule has 2 heterocycles. The predicted molar refractivity (Wildman–Crippen MR) is 65.4 cm³/mol. The molecule has 2 rings (SSSR count). The van der Waals surface area contributed by atoms with Crippen LogP contribution in [0.15, 0.2) is 17.6 Å². The average molecular weight is 251 g/mol. The van der Waals surface area contributed by atoms with Gasteiger partial charge >= 0.3 is 0 Å². The first kappa shape index (κ1) is 11.7. The number of thiophene rings is 1. The Morgan fingerprint density at radius 3 is 3.12 bits per heavy atom. The van der Waals surface area contributed by atoms with E-state index in [1.165, 1.54) is 11.3 Å². The van der Waals surface area contributed by atoms with Gasteiger partial charge in [-0.1, -0.05) is 0 Å². The third kappa shape index (κ3) is 2.47. The van der Waals surface area contributed by atoms with Gasteiger partial charge in [0.05, 0.1) is 13.3 Å². The Balaban J connectivity index is 2.01. The van der Waals surface area contributed by atoms with Crippen molar-refractivity contribution < 1.29 is 9.53 Å². The van der Waals surface area contributed by atoms with Crippen LogP contribution in [0.4, 0.5) is 0 Å². The number of rotatable bonds is 4. The van der Waals surface area contributed by atoms with Gasteiger partial charge in [-0.3, -0.25) is 9.89 Å². The van der Waals surface area contributed by atoms with Crippen molar-refractivity contribution in [2.75, 3.05) is 7.11 Å². The predicted octanol–water partition coefficient (Wildman–Crippen LogP) is 1.72. The highest BCUT2D eigenvalue weighted by molar-refractivity contribution is 7.12. The topological polar surface area (TPSA) is 67.0 Å². The molecule has 17 heavy (non-hydrogen) atoms. The normalized spacial score (nSPS) is 10.2. The molecule has 0 aliphatic heterocycles. The second-order valence-corrected chi connectivity index (χ2v) is 4.44. The number of nitrogens with one attached hydrogen (secondary N) is 2. The molecule has 6 heteroatoms. The summed E-state index contributed by atoms with van der Waals surface area (Å²) in [5, 5.41) is 11.4. The van der Waals surface area contributed by atoms with Crippen molar-refractivity contribution in [3.05, 3.63) is 33.8 Å². The molecule has 0 radical (unpaired) electrons. The quantitative estimate of drug-likeness (QED) is 0.869. The van der Waals surface area contributed by atoms with Crippen LogP contribution in [0.3, 0.4) is 0 Å². The molecule has 0 fully saturated rings. The van der Waals surface area contributed by atoms with Crippen molar-refractivity contribution in [2.45, 2.75) is 13.5 Å². The molecule has 0 atom stereocenters. The van der Waals surface area contributed by atoms with Crippen LogP contribution >= 0.6 is 11.3 Å². The smallest absolute Gasteiger partial charge is 0.265 e. The number of hydrogen-bond donors (Lipinski definition) is 2. The molecular formula is C11H13N3O2S. The lowest BCUT2D eigenvalue weighted by atomic mass is 10.2. The molecule has 0 saturated carbocycles. The number of aromatic amines is 1. The maximum Gasteiger partial charge on any atom is 0.265 e. The van der Waals surface area contributed by atoms with Crippen LogP contribution in [0, 0.1) is 6.92 Å². The molecule has 5 nitrogen and oxygen atoms in total. The third-order valence-corrected chi connectivity index (χ3v) is 3.32. The number of aromatic nitrogens is 2. The number of amides is 1. The zero-order valence-electron chi connectivity index (χ0n) is 9.61. The minimum Gasteiger partial charge on any atom is -0.495 e. The maximum atomic E-state index is 11.9. The third-order valence-electron chi connectivity index (χ3n) is 2.43. The van der Waals surface area contributed by atoms with E-state index in [4.69, 9.17) is 4.74 Å². The monoisotopic (exact) mass is 251 g/mol. The number of ether oxygens (including phenoxy) is 1. The standard InChI is InChI=1S/C11H13N3O2S/c1-7-8(6-13-14-7)5-12-11(15)10-9(16-2)3-4-17-10/h3-4,6H,5H2,1-2H3,(H,12,15)(H,13,14). The number of nitrogens with zero attached hydrogens (tertiary/aromatic N) is 1. The van der Waals surface area contributed by atoms with Gasteiger partial charge in [-0.15, -0.1) is 11.3 Å². The molecule has 90 valence electrons. The van der Waals surface area contributed by atoms with Crippen LogP contribution in [0.1, 0.15) is 20.9 Å². The molecular weight excluding hydrogens is 238 g/mol. The van der Waals surface area contributed by atoms with Gasteiger partial charge in [-0.05, 0) is 18.4 Å². The summed E-state index contributed by atoms with van der Waals surface area (Å²) in [6.07, 6.45) is 1.71.